The molecule has 0 N–H and O–H groups in total. The van der Waals surface area contributed by atoms with Gasteiger partial charge in [-0.1, -0.05) is 0 Å². The fourth-order valence-electron chi connectivity index (χ4n) is 1.15. The summed E-state index contributed by atoms with van der Waals surface area (Å²) in [7, 11) is 1.10. The van der Waals surface area contributed by atoms with Crippen LogP contribution in [0.1, 0.15) is 28.0 Å². The molecule has 84 valence electrons. The molecule has 0 aliphatic heterocycles. The monoisotopic (exact) mass is 246 g/mol. The number of hydrogen-bond donors (Lipinski definition) is 0. The van der Waals surface area contributed by atoms with E-state index in [1.54, 1.807) is 6.07 Å². The van der Waals surface area contributed by atoms with E-state index in [1.165, 1.54) is 0 Å². The predicted molar refractivity (Wildman–Crippen MR) is 50.6 cm³/mol. The van der Waals surface area contributed by atoms with Crippen molar-refractivity contribution in [3.63, 3.8) is 0 Å². The molecule has 0 aromatic carbocycles. The van der Waals surface area contributed by atoms with E-state index in [4.69, 9.17) is 16.9 Å². The van der Waals surface area contributed by atoms with Crippen LogP contribution < -0.4 is 4.74 Å². The van der Waals surface area contributed by atoms with E-state index in [9.17, 15) is 13.6 Å². The van der Waals surface area contributed by atoms with Gasteiger partial charge in [-0.2, -0.15) is 5.26 Å². The first-order valence-electron chi connectivity index (χ1n) is 3.97. The van der Waals surface area contributed by atoms with Gasteiger partial charge in [0.25, 0.3) is 11.7 Å². The summed E-state index contributed by atoms with van der Waals surface area (Å²) in [6.07, 6.45) is -2.09. The standard InChI is InChI=1S/C9H5ClF2N2O2/c1-16-7-4(9(11)12)3-14-5(2-13)6(7)8(10)15/h3,9H,1H3. The summed E-state index contributed by atoms with van der Waals surface area (Å²) in [5.41, 5.74) is -1.36. The number of pyridine rings is 1. The Hall–Kier alpha value is -1.74. The Kier molecular flexibility index (Phi) is 3.74. The van der Waals surface area contributed by atoms with Crippen molar-refractivity contribution in [2.75, 3.05) is 7.11 Å². The molecule has 0 saturated carbocycles. The van der Waals surface area contributed by atoms with E-state index in [0.29, 0.717) is 0 Å². The molecule has 1 aromatic heterocycles. The molecule has 0 saturated heterocycles. The van der Waals surface area contributed by atoms with Gasteiger partial charge in [-0.3, -0.25) is 4.79 Å². The van der Waals surface area contributed by atoms with Crippen LogP contribution in [0.2, 0.25) is 0 Å². The molecule has 0 unspecified atom stereocenters. The first kappa shape index (κ1) is 12.3. The SMILES string of the molecule is COc1c(C(F)F)cnc(C#N)c1C(=O)Cl. The summed E-state index contributed by atoms with van der Waals surface area (Å²) < 4.78 is 29.7. The number of methoxy groups -OCH3 is 1. The van der Waals surface area contributed by atoms with Gasteiger partial charge in [0.2, 0.25) is 0 Å². The first-order valence-corrected chi connectivity index (χ1v) is 4.35. The minimum atomic E-state index is -2.87. The molecule has 0 atom stereocenters. The number of alkyl halides is 2. The Morgan fingerprint density at radius 1 is 1.69 bits per heavy atom. The molecule has 0 aliphatic rings. The van der Waals surface area contributed by atoms with Crippen molar-refractivity contribution in [3.05, 3.63) is 23.0 Å². The molecule has 0 aliphatic carbocycles. The molecule has 0 fully saturated rings. The van der Waals surface area contributed by atoms with Crippen molar-refractivity contribution in [2.45, 2.75) is 6.43 Å². The highest BCUT2D eigenvalue weighted by molar-refractivity contribution is 6.68. The van der Waals surface area contributed by atoms with Crippen LogP contribution in [0.5, 0.6) is 5.75 Å². The number of nitriles is 1. The molecular formula is C9H5ClF2N2O2. The van der Waals surface area contributed by atoms with Crippen molar-refractivity contribution in [1.29, 1.82) is 5.26 Å². The number of carbonyl (C=O) groups is 1. The van der Waals surface area contributed by atoms with Crippen LogP contribution in [0, 0.1) is 11.3 Å². The first-order chi connectivity index (χ1) is 7.52. The Balaban J connectivity index is 3.58. The highest BCUT2D eigenvalue weighted by Crippen LogP contribution is 2.33. The Bertz CT molecular complexity index is 471. The van der Waals surface area contributed by atoms with Crippen LogP contribution in [0.3, 0.4) is 0 Å². The topological polar surface area (TPSA) is 63.0 Å². The Morgan fingerprint density at radius 2 is 2.31 bits per heavy atom. The maximum atomic E-state index is 12.5. The summed E-state index contributed by atoms with van der Waals surface area (Å²) in [5, 5.41) is 7.58. The molecule has 0 spiro atoms. The number of nitrogens with zero attached hydrogens (tertiary/aromatic N) is 2. The van der Waals surface area contributed by atoms with Crippen LogP contribution in [0.15, 0.2) is 6.20 Å². The van der Waals surface area contributed by atoms with Crippen molar-refractivity contribution < 1.29 is 18.3 Å². The maximum absolute atomic E-state index is 12.5. The highest BCUT2D eigenvalue weighted by Gasteiger charge is 2.24. The number of halogens is 3. The van der Waals surface area contributed by atoms with E-state index >= 15 is 0 Å². The zero-order chi connectivity index (χ0) is 12.3. The van der Waals surface area contributed by atoms with Crippen LogP contribution in [-0.2, 0) is 0 Å². The fourth-order valence-corrected chi connectivity index (χ4v) is 1.33. The fraction of sp³-hybridized carbons (Fsp3) is 0.222. The summed E-state index contributed by atoms with van der Waals surface area (Å²) in [6, 6.07) is 1.58. The summed E-state index contributed by atoms with van der Waals surface area (Å²) in [5.74, 6) is -0.415. The van der Waals surface area contributed by atoms with Crippen molar-refractivity contribution in [1.82, 2.24) is 4.98 Å². The smallest absolute Gasteiger partial charge is 0.268 e. The summed E-state index contributed by atoms with van der Waals surface area (Å²) in [4.78, 5) is 14.5. The second-order valence-corrected chi connectivity index (χ2v) is 3.00. The van der Waals surface area contributed by atoms with E-state index < -0.39 is 28.5 Å². The number of carbonyl (C=O) groups excluding carboxylic acids is 1. The van der Waals surface area contributed by atoms with E-state index in [-0.39, 0.29) is 5.69 Å². The van der Waals surface area contributed by atoms with Gasteiger partial charge in [-0.15, -0.1) is 0 Å². The van der Waals surface area contributed by atoms with E-state index in [2.05, 4.69) is 9.72 Å². The van der Waals surface area contributed by atoms with Gasteiger partial charge in [-0.05, 0) is 11.6 Å². The zero-order valence-corrected chi connectivity index (χ0v) is 8.76. The van der Waals surface area contributed by atoms with Crippen molar-refractivity contribution in [2.24, 2.45) is 0 Å². The van der Waals surface area contributed by atoms with Gasteiger partial charge < -0.3 is 4.74 Å². The van der Waals surface area contributed by atoms with Gasteiger partial charge in [-0.25, -0.2) is 13.8 Å². The average molecular weight is 247 g/mol. The Morgan fingerprint density at radius 3 is 2.69 bits per heavy atom. The van der Waals surface area contributed by atoms with Crippen LogP contribution in [-0.4, -0.2) is 17.3 Å². The van der Waals surface area contributed by atoms with Crippen LogP contribution >= 0.6 is 11.6 Å². The summed E-state index contributed by atoms with van der Waals surface area (Å²) >= 11 is 5.19. The molecule has 1 heterocycles. The lowest BCUT2D eigenvalue weighted by molar-refractivity contribution is 0.107. The number of ether oxygens (including phenoxy) is 1. The molecule has 0 bridgehead atoms. The number of hydrogen-bond acceptors (Lipinski definition) is 4. The molecule has 0 amide bonds. The third kappa shape index (κ3) is 2.09. The molecule has 4 nitrogen and oxygen atoms in total. The molecule has 0 radical (unpaired) electrons. The zero-order valence-electron chi connectivity index (χ0n) is 8.00. The third-order valence-electron chi connectivity index (χ3n) is 1.80. The Labute approximate surface area is 94.4 Å². The van der Waals surface area contributed by atoms with Gasteiger partial charge in [0.05, 0.1) is 12.7 Å². The lowest BCUT2D eigenvalue weighted by atomic mass is 10.1. The number of aromatic nitrogens is 1. The van der Waals surface area contributed by atoms with Gasteiger partial charge in [0.1, 0.15) is 17.4 Å². The normalized spacial score (nSPS) is 10.0. The van der Waals surface area contributed by atoms with Crippen molar-refractivity contribution in [3.8, 4) is 11.8 Å². The van der Waals surface area contributed by atoms with Crippen LogP contribution in [0.25, 0.3) is 0 Å². The summed E-state index contributed by atoms with van der Waals surface area (Å²) in [6.45, 7) is 0. The second kappa shape index (κ2) is 4.86. The maximum Gasteiger partial charge on any atom is 0.268 e. The van der Waals surface area contributed by atoms with Gasteiger partial charge >= 0.3 is 0 Å². The lowest BCUT2D eigenvalue weighted by Crippen LogP contribution is -2.05. The molecule has 1 rings (SSSR count). The predicted octanol–water partition coefficient (Wildman–Crippen LogP) is 2.28. The second-order valence-electron chi connectivity index (χ2n) is 2.66. The minimum absolute atomic E-state index is 0.346. The largest absolute Gasteiger partial charge is 0.495 e. The van der Waals surface area contributed by atoms with Gasteiger partial charge in [0, 0.05) is 6.20 Å². The lowest BCUT2D eigenvalue weighted by Gasteiger charge is -2.10. The van der Waals surface area contributed by atoms with Crippen LogP contribution in [0.4, 0.5) is 8.78 Å². The molecular weight excluding hydrogens is 242 g/mol. The third-order valence-corrected chi connectivity index (χ3v) is 1.99. The highest BCUT2D eigenvalue weighted by atomic mass is 35.5. The van der Waals surface area contributed by atoms with Crippen molar-refractivity contribution >= 4 is 16.8 Å². The average Bonchev–Trinajstić information content (AvgIpc) is 2.26. The number of rotatable bonds is 3. The molecule has 7 heteroatoms. The quantitative estimate of drug-likeness (QED) is 0.768. The van der Waals surface area contributed by atoms with Gasteiger partial charge in [0.15, 0.2) is 5.69 Å². The molecule has 16 heavy (non-hydrogen) atoms. The van der Waals surface area contributed by atoms with E-state index in [1.807, 2.05) is 0 Å². The molecule has 1 aromatic rings. The minimum Gasteiger partial charge on any atom is -0.495 e. The van der Waals surface area contributed by atoms with E-state index in [0.717, 1.165) is 13.3 Å².